The highest BCUT2D eigenvalue weighted by Crippen LogP contribution is 2.48. The summed E-state index contributed by atoms with van der Waals surface area (Å²) in [7, 11) is 0. The van der Waals surface area contributed by atoms with Gasteiger partial charge in [0.2, 0.25) is 11.9 Å². The number of hydrogen-bond acceptors (Lipinski definition) is 10. The zero-order valence-electron chi connectivity index (χ0n) is 26.8. The molecule has 5 rings (SSSR count). The summed E-state index contributed by atoms with van der Waals surface area (Å²) in [4.78, 5) is 51.4. The molecule has 0 atom stereocenters. The molecule has 0 radical (unpaired) electrons. The number of hydrogen-bond donors (Lipinski definition) is 4. The molecule has 2 heterocycles. The Bertz CT molecular complexity index is 1650. The first kappa shape index (κ1) is 35.6. The standard InChI is InChI=1S/C32H36ClF3N8O5/c1-30(2,18-38-25(46)26(47)44-13-15-48-16-14-44)17-37-24(45)20-3-9-23(10-4-20)39-27-40-28(42-29(41-27)49-19-32(34,35)36)43-31(11-12-31)21-5-7-22(33)8-6-21/h3-10H,11-19H2,1-2H3,(H,37,45)(H,38,46)(H2,39,40,41,42,43). The van der Waals surface area contributed by atoms with Crippen molar-refractivity contribution in [3.8, 4) is 6.01 Å². The Balaban J connectivity index is 1.19. The van der Waals surface area contributed by atoms with Crippen LogP contribution in [-0.4, -0.2) is 89.7 Å². The lowest BCUT2D eigenvalue weighted by Crippen LogP contribution is -2.50. The van der Waals surface area contributed by atoms with E-state index < -0.39 is 41.6 Å². The Kier molecular flexibility index (Phi) is 10.8. The Morgan fingerprint density at radius 2 is 1.55 bits per heavy atom. The van der Waals surface area contributed by atoms with Crippen molar-refractivity contribution in [3.63, 3.8) is 0 Å². The van der Waals surface area contributed by atoms with Gasteiger partial charge in [-0.25, -0.2) is 0 Å². The second-order valence-electron chi connectivity index (χ2n) is 12.5. The molecule has 1 aromatic heterocycles. The van der Waals surface area contributed by atoms with E-state index in [9.17, 15) is 27.6 Å². The third-order valence-electron chi connectivity index (χ3n) is 7.83. The predicted molar refractivity (Wildman–Crippen MR) is 174 cm³/mol. The minimum Gasteiger partial charge on any atom is -0.454 e. The number of amides is 3. The zero-order valence-corrected chi connectivity index (χ0v) is 27.6. The Labute approximate surface area is 285 Å². The second-order valence-corrected chi connectivity index (χ2v) is 13.0. The maximum atomic E-state index is 12.9. The van der Waals surface area contributed by atoms with Gasteiger partial charge in [0.1, 0.15) is 0 Å². The summed E-state index contributed by atoms with van der Waals surface area (Å²) < 4.78 is 48.8. The summed E-state index contributed by atoms with van der Waals surface area (Å²) in [6.07, 6.45) is -3.12. The SMILES string of the molecule is CC(C)(CNC(=O)C(=O)N1CCOCC1)CNC(=O)c1ccc(Nc2nc(NC3(c4ccc(Cl)cc4)CC3)nc(OCC(F)(F)F)n2)cc1. The number of halogens is 4. The molecule has 13 nitrogen and oxygen atoms in total. The maximum absolute atomic E-state index is 12.9. The predicted octanol–water partition coefficient (Wildman–Crippen LogP) is 4.04. The molecule has 0 spiro atoms. The third-order valence-corrected chi connectivity index (χ3v) is 8.08. The van der Waals surface area contributed by atoms with Crippen LogP contribution in [0, 0.1) is 5.41 Å². The monoisotopic (exact) mass is 704 g/mol. The van der Waals surface area contributed by atoms with E-state index in [1.165, 1.54) is 4.90 Å². The molecule has 2 aromatic carbocycles. The van der Waals surface area contributed by atoms with Crippen molar-refractivity contribution in [3.05, 3.63) is 64.7 Å². The summed E-state index contributed by atoms with van der Waals surface area (Å²) >= 11 is 6.03. The fourth-order valence-corrected chi connectivity index (χ4v) is 5.02. The van der Waals surface area contributed by atoms with Crippen molar-refractivity contribution in [1.82, 2.24) is 30.5 Å². The van der Waals surface area contributed by atoms with Crippen molar-refractivity contribution in [1.29, 1.82) is 0 Å². The van der Waals surface area contributed by atoms with Crippen LogP contribution in [-0.2, 0) is 19.9 Å². The van der Waals surface area contributed by atoms with Crippen molar-refractivity contribution < 1.29 is 37.0 Å². The lowest BCUT2D eigenvalue weighted by Gasteiger charge is -2.28. The van der Waals surface area contributed by atoms with Gasteiger partial charge in [-0.05, 0) is 60.2 Å². The molecular weight excluding hydrogens is 669 g/mol. The summed E-state index contributed by atoms with van der Waals surface area (Å²) in [5, 5.41) is 12.2. The molecule has 2 fully saturated rings. The summed E-state index contributed by atoms with van der Waals surface area (Å²) in [6.45, 7) is 3.94. The average molecular weight is 705 g/mol. The van der Waals surface area contributed by atoms with Gasteiger partial charge in [-0.2, -0.15) is 28.1 Å². The van der Waals surface area contributed by atoms with Crippen molar-refractivity contribution in [2.24, 2.45) is 5.41 Å². The molecule has 1 saturated carbocycles. The molecule has 49 heavy (non-hydrogen) atoms. The van der Waals surface area contributed by atoms with Gasteiger partial charge >= 0.3 is 24.0 Å². The number of anilines is 3. The number of rotatable bonds is 12. The van der Waals surface area contributed by atoms with E-state index in [4.69, 9.17) is 21.1 Å². The van der Waals surface area contributed by atoms with Gasteiger partial charge in [-0.15, -0.1) is 0 Å². The van der Waals surface area contributed by atoms with E-state index in [0.29, 0.717) is 42.6 Å². The molecule has 1 saturated heterocycles. The van der Waals surface area contributed by atoms with Gasteiger partial charge in [0.15, 0.2) is 6.61 Å². The Hall–Kier alpha value is -4.70. The van der Waals surface area contributed by atoms with Gasteiger partial charge < -0.3 is 35.6 Å². The normalized spacial score (nSPS) is 15.6. The number of nitrogens with one attached hydrogen (secondary N) is 4. The van der Waals surface area contributed by atoms with Crippen LogP contribution in [0.1, 0.15) is 42.6 Å². The number of alkyl halides is 3. The van der Waals surface area contributed by atoms with Crippen molar-refractivity contribution >= 4 is 46.9 Å². The van der Waals surface area contributed by atoms with Crippen LogP contribution in [0.2, 0.25) is 5.02 Å². The summed E-state index contributed by atoms with van der Waals surface area (Å²) in [5.74, 6) is -1.76. The number of morpholine rings is 1. The highest BCUT2D eigenvalue weighted by Gasteiger charge is 2.45. The van der Waals surface area contributed by atoms with Gasteiger partial charge in [0, 0.05) is 42.5 Å². The Morgan fingerprint density at radius 3 is 2.18 bits per heavy atom. The topological polar surface area (TPSA) is 160 Å². The van der Waals surface area contributed by atoms with Crippen molar-refractivity contribution in [2.75, 3.05) is 56.6 Å². The summed E-state index contributed by atoms with van der Waals surface area (Å²) in [5.41, 5.74) is 0.618. The van der Waals surface area contributed by atoms with E-state index in [-0.39, 0.29) is 30.9 Å². The van der Waals surface area contributed by atoms with E-state index in [1.54, 1.807) is 36.4 Å². The number of ether oxygens (including phenoxy) is 2. The fraction of sp³-hybridized carbons (Fsp3) is 0.438. The summed E-state index contributed by atoms with van der Waals surface area (Å²) in [6, 6.07) is 13.0. The van der Waals surface area contributed by atoms with Crippen LogP contribution in [0.3, 0.4) is 0 Å². The first-order valence-electron chi connectivity index (χ1n) is 15.5. The minimum absolute atomic E-state index is 0.0161. The smallest absolute Gasteiger partial charge is 0.422 e. The van der Waals surface area contributed by atoms with E-state index in [1.807, 2.05) is 26.0 Å². The fourth-order valence-electron chi connectivity index (χ4n) is 4.90. The molecule has 0 unspecified atom stereocenters. The molecule has 1 aliphatic heterocycles. The van der Waals surface area contributed by atoms with Crippen LogP contribution >= 0.6 is 11.6 Å². The Morgan fingerprint density at radius 1 is 0.918 bits per heavy atom. The maximum Gasteiger partial charge on any atom is 0.422 e. The van der Waals surface area contributed by atoms with Crippen LogP contribution in [0.4, 0.5) is 30.8 Å². The molecular formula is C32H36ClF3N8O5. The molecule has 0 bridgehead atoms. The number of carbonyl (C=O) groups is 3. The first-order chi connectivity index (χ1) is 23.2. The molecule has 17 heteroatoms. The van der Waals surface area contributed by atoms with E-state index in [0.717, 1.165) is 18.4 Å². The average Bonchev–Trinajstić information content (AvgIpc) is 3.86. The van der Waals surface area contributed by atoms with E-state index >= 15 is 0 Å². The van der Waals surface area contributed by atoms with Crippen LogP contribution < -0.4 is 26.0 Å². The molecule has 262 valence electrons. The third kappa shape index (κ3) is 10.2. The van der Waals surface area contributed by atoms with E-state index in [2.05, 4.69) is 36.2 Å². The number of benzene rings is 2. The lowest BCUT2D eigenvalue weighted by atomic mass is 9.93. The van der Waals surface area contributed by atoms with Gasteiger partial charge in [0.05, 0.1) is 18.8 Å². The highest BCUT2D eigenvalue weighted by atomic mass is 35.5. The van der Waals surface area contributed by atoms with Gasteiger partial charge in [0.25, 0.3) is 5.91 Å². The second kappa shape index (κ2) is 14.8. The van der Waals surface area contributed by atoms with Crippen LogP contribution in [0.15, 0.2) is 48.5 Å². The van der Waals surface area contributed by atoms with Crippen LogP contribution in [0.5, 0.6) is 6.01 Å². The molecule has 3 amide bonds. The van der Waals surface area contributed by atoms with Crippen LogP contribution in [0.25, 0.3) is 0 Å². The number of nitrogens with zero attached hydrogens (tertiary/aromatic N) is 4. The van der Waals surface area contributed by atoms with Gasteiger partial charge in [-0.3, -0.25) is 14.4 Å². The van der Waals surface area contributed by atoms with Gasteiger partial charge in [-0.1, -0.05) is 37.6 Å². The quantitative estimate of drug-likeness (QED) is 0.203. The lowest BCUT2D eigenvalue weighted by molar-refractivity contribution is -0.154. The highest BCUT2D eigenvalue weighted by molar-refractivity contribution is 6.35. The zero-order chi connectivity index (χ0) is 35.2. The first-order valence-corrected chi connectivity index (χ1v) is 15.9. The molecule has 2 aliphatic rings. The number of aromatic nitrogens is 3. The molecule has 3 aromatic rings. The van der Waals surface area contributed by atoms with Crippen molar-refractivity contribution in [2.45, 2.75) is 38.4 Å². The molecule has 1 aliphatic carbocycles. The minimum atomic E-state index is -4.60. The largest absolute Gasteiger partial charge is 0.454 e. The number of carbonyl (C=O) groups excluding carboxylic acids is 3. The molecule has 4 N–H and O–H groups in total.